The number of halogens is 1. The third-order valence-corrected chi connectivity index (χ3v) is 5.66. The minimum absolute atomic E-state index is 0.0369. The monoisotopic (exact) mass is 418 g/mol. The molecule has 0 bridgehead atoms. The highest BCUT2D eigenvalue weighted by Gasteiger charge is 2.26. The largest absolute Gasteiger partial charge is 0.338 e. The van der Waals surface area contributed by atoms with E-state index in [9.17, 15) is 14.0 Å². The molecule has 156 valence electrons. The summed E-state index contributed by atoms with van der Waals surface area (Å²) in [6.45, 7) is 6.03. The Bertz CT molecular complexity index is 855. The second-order valence-electron chi connectivity index (χ2n) is 7.83. The molecule has 1 unspecified atom stereocenters. The highest BCUT2D eigenvalue weighted by atomic mass is 32.1. The summed E-state index contributed by atoms with van der Waals surface area (Å²) in [5, 5.41) is 8.28. The van der Waals surface area contributed by atoms with Gasteiger partial charge in [-0.3, -0.25) is 4.79 Å². The van der Waals surface area contributed by atoms with Gasteiger partial charge < -0.3 is 15.5 Å². The lowest BCUT2D eigenvalue weighted by Crippen LogP contribution is -2.44. The van der Waals surface area contributed by atoms with Crippen LogP contribution >= 0.6 is 11.3 Å². The van der Waals surface area contributed by atoms with E-state index in [1.54, 1.807) is 12.1 Å². The number of likely N-dealkylation sites (tertiary alicyclic amines) is 1. The number of carbonyl (C=O) groups is 2. The Kier molecular flexibility index (Phi) is 7.19. The number of nitrogens with zero attached hydrogens (tertiary/aromatic N) is 2. The lowest BCUT2D eigenvalue weighted by Gasteiger charge is -2.32. The van der Waals surface area contributed by atoms with Crippen LogP contribution in [0.3, 0.4) is 0 Å². The summed E-state index contributed by atoms with van der Waals surface area (Å²) < 4.78 is 13.2. The molecule has 29 heavy (non-hydrogen) atoms. The highest BCUT2D eigenvalue weighted by Crippen LogP contribution is 2.20. The first-order chi connectivity index (χ1) is 13.9. The molecule has 8 heteroatoms. The Hall–Kier alpha value is -2.48. The molecular formula is C21H27FN4O2S. The molecule has 0 spiro atoms. The van der Waals surface area contributed by atoms with Gasteiger partial charge in [-0.2, -0.15) is 0 Å². The van der Waals surface area contributed by atoms with Crippen LogP contribution in [0.2, 0.25) is 0 Å². The van der Waals surface area contributed by atoms with Gasteiger partial charge >= 0.3 is 6.03 Å². The lowest BCUT2D eigenvalue weighted by atomic mass is 9.98. The van der Waals surface area contributed by atoms with E-state index in [1.165, 1.54) is 23.5 Å². The lowest BCUT2D eigenvalue weighted by molar-refractivity contribution is 0.0669. The molecule has 0 aliphatic carbocycles. The van der Waals surface area contributed by atoms with E-state index in [0.29, 0.717) is 36.9 Å². The number of urea groups is 1. The fraction of sp³-hybridized carbons (Fsp3) is 0.476. The van der Waals surface area contributed by atoms with Crippen molar-refractivity contribution in [3.8, 4) is 0 Å². The summed E-state index contributed by atoms with van der Waals surface area (Å²) in [6.07, 6.45) is 2.72. The van der Waals surface area contributed by atoms with Gasteiger partial charge in [0.2, 0.25) is 0 Å². The van der Waals surface area contributed by atoms with Gasteiger partial charge in [0.15, 0.2) is 0 Å². The normalized spacial score (nSPS) is 16.7. The first-order valence-corrected chi connectivity index (χ1v) is 10.8. The zero-order chi connectivity index (χ0) is 20.8. The summed E-state index contributed by atoms with van der Waals surface area (Å²) in [5.41, 5.74) is 0.923. The van der Waals surface area contributed by atoms with E-state index in [4.69, 9.17) is 0 Å². The van der Waals surface area contributed by atoms with Crippen molar-refractivity contribution in [3.63, 3.8) is 0 Å². The van der Waals surface area contributed by atoms with Crippen LogP contribution in [-0.2, 0) is 6.42 Å². The highest BCUT2D eigenvalue weighted by molar-refractivity contribution is 7.09. The van der Waals surface area contributed by atoms with Crippen LogP contribution in [0, 0.1) is 17.7 Å². The maximum atomic E-state index is 13.2. The predicted octanol–water partition coefficient (Wildman–Crippen LogP) is 4.15. The van der Waals surface area contributed by atoms with E-state index >= 15 is 0 Å². The summed E-state index contributed by atoms with van der Waals surface area (Å²) in [4.78, 5) is 31.2. The number of benzene rings is 1. The van der Waals surface area contributed by atoms with Gasteiger partial charge in [0.25, 0.3) is 5.91 Å². The Labute approximate surface area is 174 Å². The van der Waals surface area contributed by atoms with Crippen LogP contribution in [-0.4, -0.2) is 41.5 Å². The fourth-order valence-electron chi connectivity index (χ4n) is 3.41. The van der Waals surface area contributed by atoms with Crippen molar-refractivity contribution in [2.24, 2.45) is 11.8 Å². The number of anilines is 1. The molecule has 3 rings (SSSR count). The minimum atomic E-state index is -0.400. The molecule has 1 atom stereocenters. The van der Waals surface area contributed by atoms with Crippen LogP contribution in [0.15, 0.2) is 29.6 Å². The third kappa shape index (κ3) is 6.25. The van der Waals surface area contributed by atoms with Gasteiger partial charge in [0, 0.05) is 37.1 Å². The van der Waals surface area contributed by atoms with E-state index in [2.05, 4.69) is 29.5 Å². The van der Waals surface area contributed by atoms with Crippen LogP contribution in [0.5, 0.6) is 0 Å². The molecule has 2 aromatic rings. The molecule has 1 fully saturated rings. The molecule has 0 radical (unpaired) electrons. The van der Waals surface area contributed by atoms with Gasteiger partial charge in [-0.25, -0.2) is 14.2 Å². The maximum Gasteiger partial charge on any atom is 0.319 e. The van der Waals surface area contributed by atoms with Gasteiger partial charge in [-0.15, -0.1) is 11.3 Å². The number of amides is 3. The summed E-state index contributed by atoms with van der Waals surface area (Å²) >= 11 is 1.54. The van der Waals surface area contributed by atoms with Crippen LogP contribution in [0.1, 0.15) is 42.2 Å². The van der Waals surface area contributed by atoms with Crippen molar-refractivity contribution >= 4 is 29.0 Å². The maximum absolute atomic E-state index is 13.2. The Balaban J connectivity index is 1.49. The van der Waals surface area contributed by atoms with Crippen LogP contribution in [0.4, 0.5) is 14.9 Å². The summed E-state index contributed by atoms with van der Waals surface area (Å²) in [7, 11) is 0. The number of thiazole rings is 1. The van der Waals surface area contributed by atoms with Crippen LogP contribution in [0.25, 0.3) is 0 Å². The van der Waals surface area contributed by atoms with Gasteiger partial charge in [-0.1, -0.05) is 19.9 Å². The Morgan fingerprint density at radius 3 is 2.97 bits per heavy atom. The standard InChI is InChI=1S/C21H27FN4O2S/c1-14(2)9-19-25-18(13-29-19)20(27)26-8-4-5-15(12-26)11-23-21(28)24-17-7-3-6-16(22)10-17/h3,6-7,10,13-15H,4-5,8-9,11-12H2,1-2H3,(H2,23,24,28). The Morgan fingerprint density at radius 2 is 2.21 bits per heavy atom. The van der Waals surface area contributed by atoms with E-state index < -0.39 is 5.82 Å². The Morgan fingerprint density at radius 1 is 1.38 bits per heavy atom. The number of rotatable bonds is 6. The van der Waals surface area contributed by atoms with Gasteiger partial charge in [0.05, 0.1) is 5.01 Å². The first-order valence-electron chi connectivity index (χ1n) is 9.95. The molecule has 1 aliphatic rings. The number of aromatic nitrogens is 1. The quantitative estimate of drug-likeness (QED) is 0.740. The fourth-order valence-corrected chi connectivity index (χ4v) is 4.39. The first kappa shape index (κ1) is 21.2. The van der Waals surface area contributed by atoms with Gasteiger partial charge in [0.1, 0.15) is 11.5 Å². The smallest absolute Gasteiger partial charge is 0.319 e. The topological polar surface area (TPSA) is 74.3 Å². The molecule has 3 amide bonds. The van der Waals surface area contributed by atoms with Crippen molar-refractivity contribution in [2.45, 2.75) is 33.1 Å². The van der Waals surface area contributed by atoms with E-state index in [0.717, 1.165) is 24.3 Å². The second kappa shape index (κ2) is 9.82. The second-order valence-corrected chi connectivity index (χ2v) is 8.77. The average molecular weight is 419 g/mol. The minimum Gasteiger partial charge on any atom is -0.338 e. The summed E-state index contributed by atoms with van der Waals surface area (Å²) in [6, 6.07) is 5.38. The molecular weight excluding hydrogens is 391 g/mol. The summed E-state index contributed by atoms with van der Waals surface area (Å²) in [5.74, 6) is 0.251. The molecule has 2 N–H and O–H groups in total. The van der Waals surface area contributed by atoms with Crippen molar-refractivity contribution < 1.29 is 14.0 Å². The van der Waals surface area contributed by atoms with Crippen molar-refractivity contribution in [3.05, 3.63) is 46.2 Å². The zero-order valence-corrected chi connectivity index (χ0v) is 17.6. The molecule has 1 saturated heterocycles. The number of hydrogen-bond acceptors (Lipinski definition) is 4. The molecule has 6 nitrogen and oxygen atoms in total. The number of carbonyl (C=O) groups excluding carboxylic acids is 2. The van der Waals surface area contributed by atoms with Crippen molar-refractivity contribution in [1.82, 2.24) is 15.2 Å². The molecule has 2 heterocycles. The zero-order valence-electron chi connectivity index (χ0n) is 16.8. The van der Waals surface area contributed by atoms with Crippen molar-refractivity contribution in [1.29, 1.82) is 0 Å². The third-order valence-electron chi connectivity index (χ3n) is 4.79. The average Bonchev–Trinajstić information content (AvgIpc) is 3.14. The van der Waals surface area contributed by atoms with Gasteiger partial charge in [-0.05, 0) is 42.9 Å². The van der Waals surface area contributed by atoms with E-state index in [-0.39, 0.29) is 17.9 Å². The molecule has 1 aromatic heterocycles. The molecule has 1 aliphatic heterocycles. The van der Waals surface area contributed by atoms with Crippen molar-refractivity contribution in [2.75, 3.05) is 25.0 Å². The number of hydrogen-bond donors (Lipinski definition) is 2. The number of nitrogens with one attached hydrogen (secondary N) is 2. The predicted molar refractivity (Wildman–Crippen MR) is 113 cm³/mol. The molecule has 1 aromatic carbocycles. The number of piperidine rings is 1. The SMILES string of the molecule is CC(C)Cc1nc(C(=O)N2CCCC(CNC(=O)Nc3cccc(F)c3)C2)cs1. The van der Waals surface area contributed by atoms with E-state index in [1.807, 2.05) is 10.3 Å². The van der Waals surface area contributed by atoms with Crippen LogP contribution < -0.4 is 10.6 Å². The molecule has 0 saturated carbocycles.